The lowest BCUT2D eigenvalue weighted by Gasteiger charge is -2.14. The minimum Gasteiger partial charge on any atom is -0.268 e. The van der Waals surface area contributed by atoms with Gasteiger partial charge in [-0.05, 0) is 43.3 Å². The van der Waals surface area contributed by atoms with Crippen molar-refractivity contribution in [3.05, 3.63) is 94.5 Å². The van der Waals surface area contributed by atoms with Crippen LogP contribution >= 0.6 is 0 Å². The number of halogens is 1. The highest BCUT2D eigenvalue weighted by molar-refractivity contribution is 5.80. The van der Waals surface area contributed by atoms with Gasteiger partial charge in [0.25, 0.3) is 5.56 Å². The average Bonchev–Trinajstić information content (AvgIpc) is 2.63. The van der Waals surface area contributed by atoms with Crippen molar-refractivity contribution in [2.24, 2.45) is 0 Å². The van der Waals surface area contributed by atoms with Gasteiger partial charge in [0.15, 0.2) is 0 Å². The quantitative estimate of drug-likeness (QED) is 0.542. The van der Waals surface area contributed by atoms with Crippen LogP contribution in [0.15, 0.2) is 77.6 Å². The summed E-state index contributed by atoms with van der Waals surface area (Å²) >= 11 is 0. The van der Waals surface area contributed by atoms with Crippen LogP contribution in [-0.4, -0.2) is 9.55 Å². The normalized spacial score (nSPS) is 11.0. The first kappa shape index (κ1) is 15.3. The molecule has 1 aromatic heterocycles. The zero-order valence-electron chi connectivity index (χ0n) is 13.6. The number of aryl methyl sites for hydroxylation is 1. The summed E-state index contributed by atoms with van der Waals surface area (Å²) in [6, 6.07) is 20.9. The van der Waals surface area contributed by atoms with Crippen LogP contribution in [0.1, 0.15) is 5.56 Å². The minimum absolute atomic E-state index is 0.172. The van der Waals surface area contributed by atoms with E-state index in [0.29, 0.717) is 28.0 Å². The maximum atomic E-state index is 13.7. The average molecular weight is 330 g/mol. The molecule has 3 nitrogen and oxygen atoms in total. The van der Waals surface area contributed by atoms with Crippen LogP contribution in [0.3, 0.4) is 0 Å². The van der Waals surface area contributed by atoms with Gasteiger partial charge >= 0.3 is 0 Å². The van der Waals surface area contributed by atoms with Gasteiger partial charge in [0.2, 0.25) is 0 Å². The molecule has 0 aliphatic rings. The Morgan fingerprint density at radius 3 is 2.44 bits per heavy atom. The molecule has 0 bridgehead atoms. The summed E-state index contributed by atoms with van der Waals surface area (Å²) in [5, 5.41) is 0.531. The molecule has 0 amide bonds. The maximum Gasteiger partial charge on any atom is 0.266 e. The highest BCUT2D eigenvalue weighted by atomic mass is 19.1. The molecule has 0 saturated heterocycles. The van der Waals surface area contributed by atoms with Crippen molar-refractivity contribution in [1.82, 2.24) is 9.55 Å². The second-order valence-electron chi connectivity index (χ2n) is 5.94. The molecular weight excluding hydrogens is 315 g/mol. The van der Waals surface area contributed by atoms with Crippen LogP contribution in [-0.2, 0) is 0 Å². The minimum atomic E-state index is -0.365. The molecule has 0 radical (unpaired) electrons. The fraction of sp³-hybridized carbons (Fsp3) is 0.0476. The van der Waals surface area contributed by atoms with E-state index in [-0.39, 0.29) is 11.4 Å². The number of benzene rings is 3. The Kier molecular flexibility index (Phi) is 3.65. The van der Waals surface area contributed by atoms with Gasteiger partial charge in [-0.15, -0.1) is 0 Å². The Labute approximate surface area is 144 Å². The maximum absolute atomic E-state index is 13.7. The lowest BCUT2D eigenvalue weighted by molar-refractivity contribution is 0.628. The van der Waals surface area contributed by atoms with E-state index in [9.17, 15) is 9.18 Å². The van der Waals surface area contributed by atoms with Gasteiger partial charge in [0, 0.05) is 5.56 Å². The third-order valence-electron chi connectivity index (χ3n) is 4.15. The Hall–Kier alpha value is -3.27. The van der Waals surface area contributed by atoms with Crippen molar-refractivity contribution >= 4 is 10.9 Å². The molecule has 0 spiro atoms. The van der Waals surface area contributed by atoms with Crippen molar-refractivity contribution in [3.63, 3.8) is 0 Å². The summed E-state index contributed by atoms with van der Waals surface area (Å²) in [6.07, 6.45) is 0. The smallest absolute Gasteiger partial charge is 0.266 e. The van der Waals surface area contributed by atoms with Crippen molar-refractivity contribution < 1.29 is 4.39 Å². The van der Waals surface area contributed by atoms with E-state index in [0.717, 1.165) is 5.56 Å². The largest absolute Gasteiger partial charge is 0.268 e. The number of nitrogens with zero attached hydrogens (tertiary/aromatic N) is 2. The molecule has 4 rings (SSSR count). The molecule has 0 aliphatic heterocycles. The second-order valence-corrected chi connectivity index (χ2v) is 5.94. The zero-order chi connectivity index (χ0) is 17.4. The SMILES string of the molecule is Cc1ccc(-n2c(-c3cccc(F)c3)nc3ccccc3c2=O)cc1. The van der Waals surface area contributed by atoms with Gasteiger partial charge in [-0.25, -0.2) is 9.37 Å². The summed E-state index contributed by atoms with van der Waals surface area (Å²) in [5.41, 5.74) is 2.78. The highest BCUT2D eigenvalue weighted by Crippen LogP contribution is 2.23. The standard InChI is InChI=1S/C21H15FN2O/c1-14-9-11-17(12-10-14)24-20(15-5-4-6-16(22)13-15)23-19-8-3-2-7-18(19)21(24)25/h2-13H,1H3. The molecular formula is C21H15FN2O. The molecule has 3 aromatic carbocycles. The van der Waals surface area contributed by atoms with Gasteiger partial charge < -0.3 is 0 Å². The van der Waals surface area contributed by atoms with Crippen molar-refractivity contribution in [2.75, 3.05) is 0 Å². The van der Waals surface area contributed by atoms with Crippen LogP contribution in [0, 0.1) is 12.7 Å². The van der Waals surface area contributed by atoms with Gasteiger partial charge in [0.1, 0.15) is 11.6 Å². The summed E-state index contributed by atoms with van der Waals surface area (Å²) in [7, 11) is 0. The predicted molar refractivity (Wildman–Crippen MR) is 97.5 cm³/mol. The molecule has 0 atom stereocenters. The Morgan fingerprint density at radius 1 is 0.920 bits per heavy atom. The molecule has 4 aromatic rings. The summed E-state index contributed by atoms with van der Waals surface area (Å²) < 4.78 is 15.3. The van der Waals surface area contributed by atoms with E-state index in [2.05, 4.69) is 4.98 Å². The lowest BCUT2D eigenvalue weighted by Crippen LogP contribution is -2.22. The van der Waals surface area contributed by atoms with Gasteiger partial charge in [0.05, 0.1) is 16.6 Å². The monoisotopic (exact) mass is 330 g/mol. The molecule has 1 heterocycles. The van der Waals surface area contributed by atoms with Gasteiger partial charge in [-0.3, -0.25) is 9.36 Å². The number of hydrogen-bond acceptors (Lipinski definition) is 2. The Bertz CT molecular complexity index is 1130. The van der Waals surface area contributed by atoms with E-state index in [1.807, 2.05) is 43.3 Å². The molecule has 0 saturated carbocycles. The first-order valence-corrected chi connectivity index (χ1v) is 7.98. The Morgan fingerprint density at radius 2 is 1.68 bits per heavy atom. The number of rotatable bonds is 2. The topological polar surface area (TPSA) is 34.9 Å². The molecule has 0 N–H and O–H groups in total. The van der Waals surface area contributed by atoms with E-state index in [4.69, 9.17) is 0 Å². The van der Waals surface area contributed by atoms with Crippen LogP contribution in [0.25, 0.3) is 28.0 Å². The van der Waals surface area contributed by atoms with Gasteiger partial charge in [-0.1, -0.05) is 42.0 Å². The number of hydrogen-bond donors (Lipinski definition) is 0. The first-order valence-electron chi connectivity index (χ1n) is 7.98. The fourth-order valence-electron chi connectivity index (χ4n) is 2.89. The predicted octanol–water partition coefficient (Wildman–Crippen LogP) is 4.50. The molecule has 0 unspecified atom stereocenters. The second kappa shape index (κ2) is 5.98. The van der Waals surface area contributed by atoms with Gasteiger partial charge in [-0.2, -0.15) is 0 Å². The summed E-state index contributed by atoms with van der Waals surface area (Å²) in [4.78, 5) is 17.8. The molecule has 0 aliphatic carbocycles. The number of fused-ring (bicyclic) bond motifs is 1. The number of aromatic nitrogens is 2. The molecule has 4 heteroatoms. The van der Waals surface area contributed by atoms with Crippen molar-refractivity contribution in [3.8, 4) is 17.1 Å². The van der Waals surface area contributed by atoms with E-state index in [1.165, 1.54) is 16.7 Å². The third-order valence-corrected chi connectivity index (χ3v) is 4.15. The fourth-order valence-corrected chi connectivity index (χ4v) is 2.89. The van der Waals surface area contributed by atoms with E-state index >= 15 is 0 Å². The van der Waals surface area contributed by atoms with Crippen LogP contribution in [0.5, 0.6) is 0 Å². The zero-order valence-corrected chi connectivity index (χ0v) is 13.6. The van der Waals surface area contributed by atoms with Crippen LogP contribution < -0.4 is 5.56 Å². The van der Waals surface area contributed by atoms with Crippen LogP contribution in [0.2, 0.25) is 0 Å². The molecule has 122 valence electrons. The van der Waals surface area contributed by atoms with E-state index < -0.39 is 0 Å². The molecule has 25 heavy (non-hydrogen) atoms. The summed E-state index contributed by atoms with van der Waals surface area (Å²) in [6.45, 7) is 1.98. The molecule has 0 fully saturated rings. The third kappa shape index (κ3) is 2.72. The first-order chi connectivity index (χ1) is 12.1. The van der Waals surface area contributed by atoms with Crippen molar-refractivity contribution in [2.45, 2.75) is 6.92 Å². The Balaban J connectivity index is 2.11. The number of para-hydroxylation sites is 1. The van der Waals surface area contributed by atoms with Crippen molar-refractivity contribution in [1.29, 1.82) is 0 Å². The van der Waals surface area contributed by atoms with Crippen LogP contribution in [0.4, 0.5) is 4.39 Å². The summed E-state index contributed by atoms with van der Waals surface area (Å²) in [5.74, 6) is 0.0578. The lowest BCUT2D eigenvalue weighted by atomic mass is 10.1. The highest BCUT2D eigenvalue weighted by Gasteiger charge is 2.14. The van der Waals surface area contributed by atoms with E-state index in [1.54, 1.807) is 24.3 Å².